The van der Waals surface area contributed by atoms with E-state index in [1.165, 1.54) is 0 Å². The summed E-state index contributed by atoms with van der Waals surface area (Å²) >= 11 is 30.4. The Kier molecular flexibility index (Phi) is 6.42. The molecule has 3 aromatic carbocycles. The maximum absolute atomic E-state index is 6.23. The normalized spacial score (nSPS) is 11.0. The molecule has 0 aliphatic rings. The molecule has 0 atom stereocenters. The number of rotatable bonds is 5. The van der Waals surface area contributed by atoms with Crippen LogP contribution in [0.1, 0.15) is 5.56 Å². The van der Waals surface area contributed by atoms with Crippen LogP contribution in [0.5, 0.6) is 5.75 Å². The lowest BCUT2D eigenvalue weighted by atomic mass is 10.1. The Balaban J connectivity index is 1.55. The van der Waals surface area contributed by atoms with Gasteiger partial charge in [0.05, 0.1) is 15.1 Å². The fraction of sp³-hybridized carbons (Fsp3) is 0.0476. The predicted octanol–water partition coefficient (Wildman–Crippen LogP) is 8.25. The highest BCUT2D eigenvalue weighted by Crippen LogP contribution is 2.36. The first-order valence-corrected chi connectivity index (χ1v) is 10.5. The molecule has 152 valence electrons. The van der Waals surface area contributed by atoms with Gasteiger partial charge in [0, 0.05) is 21.2 Å². The smallest absolute Gasteiger partial charge is 0.258 e. The van der Waals surface area contributed by atoms with Crippen molar-refractivity contribution in [2.45, 2.75) is 6.61 Å². The van der Waals surface area contributed by atoms with Crippen molar-refractivity contribution in [2.75, 3.05) is 0 Å². The van der Waals surface area contributed by atoms with E-state index < -0.39 is 0 Å². The van der Waals surface area contributed by atoms with Crippen LogP contribution in [0.25, 0.3) is 22.8 Å². The zero-order valence-electron chi connectivity index (χ0n) is 15.0. The average molecular weight is 501 g/mol. The van der Waals surface area contributed by atoms with E-state index >= 15 is 0 Å². The first-order valence-electron chi connectivity index (χ1n) is 8.56. The Morgan fingerprint density at radius 1 is 0.800 bits per heavy atom. The van der Waals surface area contributed by atoms with E-state index in [-0.39, 0.29) is 6.61 Å². The molecule has 1 aromatic heterocycles. The van der Waals surface area contributed by atoms with Gasteiger partial charge in [-0.15, -0.1) is 0 Å². The van der Waals surface area contributed by atoms with Gasteiger partial charge in [-0.25, -0.2) is 0 Å². The Labute approximate surface area is 197 Å². The van der Waals surface area contributed by atoms with Crippen LogP contribution in [-0.2, 0) is 6.61 Å². The minimum atomic E-state index is 0.235. The van der Waals surface area contributed by atoms with Gasteiger partial charge < -0.3 is 9.26 Å². The molecular weight excluding hydrogens is 490 g/mol. The van der Waals surface area contributed by atoms with E-state index in [0.29, 0.717) is 48.1 Å². The zero-order valence-corrected chi connectivity index (χ0v) is 18.8. The van der Waals surface area contributed by atoms with Crippen LogP contribution < -0.4 is 4.74 Å². The number of hydrogen-bond acceptors (Lipinski definition) is 4. The number of nitrogens with zero attached hydrogens (tertiary/aromatic N) is 2. The molecule has 4 rings (SSSR count). The Morgan fingerprint density at radius 3 is 2.27 bits per heavy atom. The molecule has 0 aliphatic heterocycles. The minimum absolute atomic E-state index is 0.235. The van der Waals surface area contributed by atoms with Gasteiger partial charge in [-0.2, -0.15) is 4.98 Å². The van der Waals surface area contributed by atoms with Crippen molar-refractivity contribution < 1.29 is 9.26 Å². The minimum Gasteiger partial charge on any atom is -0.486 e. The first-order chi connectivity index (χ1) is 14.4. The SMILES string of the molecule is Clc1ccc(-c2noc(-c3cccc(COc4c(Cl)cc(Cl)cc4Cl)c3)n2)c(Cl)c1. The molecule has 0 bridgehead atoms. The zero-order chi connectivity index (χ0) is 21.3. The van der Waals surface area contributed by atoms with Crippen molar-refractivity contribution in [2.24, 2.45) is 0 Å². The summed E-state index contributed by atoms with van der Waals surface area (Å²) in [5, 5.41) is 6.10. The standard InChI is InChI=1S/C21H11Cl5N2O2/c22-13-4-5-15(16(24)7-13)20-27-21(30-28-20)12-3-1-2-11(6-12)10-29-19-17(25)8-14(23)9-18(19)26/h1-9H,10H2. The molecule has 0 unspecified atom stereocenters. The summed E-state index contributed by atoms with van der Waals surface area (Å²) in [4.78, 5) is 4.44. The fourth-order valence-electron chi connectivity index (χ4n) is 2.74. The van der Waals surface area contributed by atoms with Crippen LogP contribution in [-0.4, -0.2) is 10.1 Å². The molecular formula is C21H11Cl5N2O2. The molecule has 9 heteroatoms. The van der Waals surface area contributed by atoms with Gasteiger partial charge in [0.2, 0.25) is 5.82 Å². The summed E-state index contributed by atoms with van der Waals surface area (Å²) in [5.74, 6) is 1.08. The maximum atomic E-state index is 6.23. The van der Waals surface area contributed by atoms with Gasteiger partial charge in [0.15, 0.2) is 5.75 Å². The lowest BCUT2D eigenvalue weighted by Gasteiger charge is -2.10. The summed E-state index contributed by atoms with van der Waals surface area (Å²) in [7, 11) is 0. The van der Waals surface area contributed by atoms with Crippen LogP contribution in [0.15, 0.2) is 59.1 Å². The van der Waals surface area contributed by atoms with Crippen LogP contribution in [0, 0.1) is 0 Å². The third kappa shape index (κ3) is 4.69. The molecule has 1 heterocycles. The van der Waals surface area contributed by atoms with Crippen molar-refractivity contribution in [3.8, 4) is 28.6 Å². The van der Waals surface area contributed by atoms with Crippen LogP contribution in [0.3, 0.4) is 0 Å². The summed E-state index contributed by atoms with van der Waals surface area (Å²) in [6.07, 6.45) is 0. The number of aromatic nitrogens is 2. The first kappa shape index (κ1) is 21.3. The van der Waals surface area contributed by atoms with Gasteiger partial charge in [-0.1, -0.05) is 75.3 Å². The second kappa shape index (κ2) is 9.04. The Bertz CT molecular complexity index is 1200. The summed E-state index contributed by atoms with van der Waals surface area (Å²) in [5.41, 5.74) is 2.22. The molecule has 0 aliphatic carbocycles. The third-order valence-electron chi connectivity index (χ3n) is 4.12. The lowest BCUT2D eigenvalue weighted by Crippen LogP contribution is -1.97. The van der Waals surface area contributed by atoms with Crippen molar-refractivity contribution >= 4 is 58.0 Å². The van der Waals surface area contributed by atoms with Crippen molar-refractivity contribution in [1.82, 2.24) is 10.1 Å². The van der Waals surface area contributed by atoms with Gasteiger partial charge >= 0.3 is 0 Å². The van der Waals surface area contributed by atoms with E-state index in [2.05, 4.69) is 10.1 Å². The third-order valence-corrected chi connectivity index (χ3v) is 5.45. The summed E-state index contributed by atoms with van der Waals surface area (Å²) in [6, 6.07) is 15.7. The number of benzene rings is 3. The highest BCUT2D eigenvalue weighted by molar-refractivity contribution is 6.40. The van der Waals surface area contributed by atoms with Crippen LogP contribution in [0.4, 0.5) is 0 Å². The number of ether oxygens (including phenoxy) is 1. The molecule has 0 fully saturated rings. The van der Waals surface area contributed by atoms with E-state index in [4.69, 9.17) is 67.3 Å². The Morgan fingerprint density at radius 2 is 1.53 bits per heavy atom. The van der Waals surface area contributed by atoms with Gasteiger partial charge in [0.25, 0.3) is 5.89 Å². The van der Waals surface area contributed by atoms with E-state index in [1.54, 1.807) is 30.3 Å². The summed E-state index contributed by atoms with van der Waals surface area (Å²) < 4.78 is 11.2. The van der Waals surface area contributed by atoms with Crippen molar-refractivity contribution in [3.63, 3.8) is 0 Å². The quantitative estimate of drug-likeness (QED) is 0.277. The molecule has 0 saturated carbocycles. The number of halogens is 5. The summed E-state index contributed by atoms with van der Waals surface area (Å²) in [6.45, 7) is 0.235. The van der Waals surface area contributed by atoms with E-state index in [9.17, 15) is 0 Å². The van der Waals surface area contributed by atoms with Gasteiger partial charge in [0.1, 0.15) is 6.61 Å². The highest BCUT2D eigenvalue weighted by atomic mass is 35.5. The molecule has 0 radical (unpaired) electrons. The van der Waals surface area contributed by atoms with Gasteiger partial charge in [-0.05, 0) is 48.0 Å². The predicted molar refractivity (Wildman–Crippen MR) is 121 cm³/mol. The average Bonchev–Trinajstić information content (AvgIpc) is 3.17. The monoisotopic (exact) mass is 498 g/mol. The molecule has 0 N–H and O–H groups in total. The highest BCUT2D eigenvalue weighted by Gasteiger charge is 2.15. The molecule has 0 amide bonds. The molecule has 0 spiro atoms. The molecule has 4 nitrogen and oxygen atoms in total. The largest absolute Gasteiger partial charge is 0.486 e. The number of hydrogen-bond donors (Lipinski definition) is 0. The molecule has 0 saturated heterocycles. The van der Waals surface area contributed by atoms with Crippen molar-refractivity contribution in [3.05, 3.63) is 85.3 Å². The van der Waals surface area contributed by atoms with E-state index in [0.717, 1.165) is 11.1 Å². The second-order valence-corrected chi connectivity index (χ2v) is 8.33. The molecule has 30 heavy (non-hydrogen) atoms. The van der Waals surface area contributed by atoms with Crippen LogP contribution >= 0.6 is 58.0 Å². The van der Waals surface area contributed by atoms with Gasteiger partial charge in [-0.3, -0.25) is 0 Å². The van der Waals surface area contributed by atoms with Crippen LogP contribution in [0.2, 0.25) is 25.1 Å². The second-order valence-electron chi connectivity index (χ2n) is 6.23. The molecule has 4 aromatic rings. The Hall–Kier alpha value is -1.95. The van der Waals surface area contributed by atoms with E-state index in [1.807, 2.05) is 24.3 Å². The van der Waals surface area contributed by atoms with Crippen molar-refractivity contribution in [1.29, 1.82) is 0 Å². The lowest BCUT2D eigenvalue weighted by molar-refractivity contribution is 0.306. The topological polar surface area (TPSA) is 48.2 Å². The maximum Gasteiger partial charge on any atom is 0.258 e. The fourth-order valence-corrected chi connectivity index (χ4v) is 4.16.